The zero-order valence-electron chi connectivity index (χ0n) is 13.7. The molecule has 0 unspecified atom stereocenters. The van der Waals surface area contributed by atoms with Gasteiger partial charge in [-0.25, -0.2) is 4.99 Å². The number of rotatable bonds is 5. The van der Waals surface area contributed by atoms with Gasteiger partial charge in [0.25, 0.3) is 5.91 Å². The Bertz CT molecular complexity index is 908. The Morgan fingerprint density at radius 2 is 2.27 bits per heavy atom. The number of carbonyl (C=O) groups excluding carboxylic acids is 1. The number of thiophene rings is 1. The number of hydrogen-bond donors (Lipinski definition) is 0. The first kappa shape index (κ1) is 19.0. The number of amides is 1. The van der Waals surface area contributed by atoms with E-state index in [1.165, 1.54) is 28.0 Å². The molecule has 4 nitrogen and oxygen atoms in total. The molecular formula is C18H14Cl2N2O2S2. The van der Waals surface area contributed by atoms with E-state index in [-0.39, 0.29) is 5.91 Å². The number of anilines is 1. The average Bonchev–Trinajstić information content (AvgIpc) is 3.22. The summed E-state index contributed by atoms with van der Waals surface area (Å²) in [6.07, 6.45) is 1.77. The molecule has 0 atom stereocenters. The second-order valence-corrected chi connectivity index (χ2v) is 8.07. The van der Waals surface area contributed by atoms with E-state index in [1.807, 2.05) is 17.5 Å². The van der Waals surface area contributed by atoms with Crippen molar-refractivity contribution in [2.24, 2.45) is 4.99 Å². The Hall–Kier alpha value is -1.73. The molecule has 134 valence electrons. The molecule has 1 amide bonds. The summed E-state index contributed by atoms with van der Waals surface area (Å²) in [5, 5.41) is 3.37. The first-order valence-electron chi connectivity index (χ1n) is 7.47. The number of thioether (sulfide) groups is 1. The third kappa shape index (κ3) is 4.15. The lowest BCUT2D eigenvalue weighted by Crippen LogP contribution is -2.30. The second kappa shape index (κ2) is 8.31. The summed E-state index contributed by atoms with van der Waals surface area (Å²) >= 11 is 15.0. The standard InChI is InChI=1S/C18H14Cl2N2O2S2/c1-11(19)10-26-18-21-15(9-13-4-3-7-25-13)17(23)22(18)12-5-6-16(24-2)14(20)8-12/h3-9H,1,10H2,2H3/b15-9+. The van der Waals surface area contributed by atoms with Crippen molar-refractivity contribution in [2.75, 3.05) is 17.8 Å². The van der Waals surface area contributed by atoms with Crippen molar-refractivity contribution in [3.05, 3.63) is 62.9 Å². The van der Waals surface area contributed by atoms with E-state index in [0.29, 0.717) is 38.1 Å². The van der Waals surface area contributed by atoms with Crippen LogP contribution in [0, 0.1) is 0 Å². The zero-order chi connectivity index (χ0) is 18.7. The highest BCUT2D eigenvalue weighted by molar-refractivity contribution is 8.14. The van der Waals surface area contributed by atoms with E-state index in [2.05, 4.69) is 11.6 Å². The molecule has 1 aliphatic rings. The molecule has 8 heteroatoms. The second-order valence-electron chi connectivity index (χ2n) is 5.20. The molecule has 1 aromatic carbocycles. The fourth-order valence-electron chi connectivity index (χ4n) is 2.27. The summed E-state index contributed by atoms with van der Waals surface area (Å²) in [7, 11) is 1.54. The monoisotopic (exact) mass is 424 g/mol. The van der Waals surface area contributed by atoms with Crippen LogP contribution in [-0.2, 0) is 4.79 Å². The number of benzene rings is 1. The van der Waals surface area contributed by atoms with Gasteiger partial charge in [-0.2, -0.15) is 0 Å². The third-order valence-corrected chi connectivity index (χ3v) is 5.83. The van der Waals surface area contributed by atoms with Gasteiger partial charge in [-0.15, -0.1) is 11.3 Å². The number of ether oxygens (including phenoxy) is 1. The Balaban J connectivity index is 1.98. The molecular weight excluding hydrogens is 411 g/mol. The highest BCUT2D eigenvalue weighted by Gasteiger charge is 2.32. The largest absolute Gasteiger partial charge is 0.495 e. The van der Waals surface area contributed by atoms with Crippen molar-refractivity contribution < 1.29 is 9.53 Å². The van der Waals surface area contributed by atoms with Crippen molar-refractivity contribution in [3.63, 3.8) is 0 Å². The Morgan fingerprint density at radius 3 is 2.88 bits per heavy atom. The third-order valence-electron chi connectivity index (χ3n) is 3.40. The summed E-state index contributed by atoms with van der Waals surface area (Å²) < 4.78 is 5.18. The molecule has 0 fully saturated rings. The first-order valence-corrected chi connectivity index (χ1v) is 10.1. The van der Waals surface area contributed by atoms with E-state index >= 15 is 0 Å². The van der Waals surface area contributed by atoms with Gasteiger partial charge in [-0.3, -0.25) is 9.69 Å². The van der Waals surface area contributed by atoms with Crippen LogP contribution in [0.25, 0.3) is 6.08 Å². The van der Waals surface area contributed by atoms with Gasteiger partial charge >= 0.3 is 0 Å². The molecule has 1 aliphatic heterocycles. The van der Waals surface area contributed by atoms with E-state index in [4.69, 9.17) is 27.9 Å². The highest BCUT2D eigenvalue weighted by atomic mass is 35.5. The van der Waals surface area contributed by atoms with E-state index < -0.39 is 0 Å². The SMILES string of the molecule is C=C(Cl)CSC1=N/C(=C/c2cccs2)C(=O)N1c1ccc(OC)c(Cl)c1. The van der Waals surface area contributed by atoms with Crippen molar-refractivity contribution in [2.45, 2.75) is 0 Å². The quantitative estimate of drug-likeness (QED) is 0.583. The summed E-state index contributed by atoms with van der Waals surface area (Å²) in [4.78, 5) is 19.9. The van der Waals surface area contributed by atoms with E-state index in [0.717, 1.165) is 4.88 Å². The van der Waals surface area contributed by atoms with Crippen LogP contribution in [-0.4, -0.2) is 23.9 Å². The maximum absolute atomic E-state index is 13.0. The van der Waals surface area contributed by atoms with Crippen molar-refractivity contribution in [1.29, 1.82) is 0 Å². The molecule has 0 spiro atoms. The lowest BCUT2D eigenvalue weighted by Gasteiger charge is -2.18. The topological polar surface area (TPSA) is 41.9 Å². The van der Waals surface area contributed by atoms with Gasteiger partial charge in [0.05, 0.1) is 17.8 Å². The van der Waals surface area contributed by atoms with Gasteiger partial charge in [0.1, 0.15) is 11.4 Å². The van der Waals surface area contributed by atoms with Gasteiger partial charge in [-0.05, 0) is 35.7 Å². The molecule has 0 saturated carbocycles. The van der Waals surface area contributed by atoms with Gasteiger partial charge in [0.2, 0.25) is 0 Å². The molecule has 26 heavy (non-hydrogen) atoms. The highest BCUT2D eigenvalue weighted by Crippen LogP contribution is 2.35. The maximum atomic E-state index is 13.0. The number of carbonyl (C=O) groups is 1. The molecule has 2 heterocycles. The molecule has 1 aromatic heterocycles. The van der Waals surface area contributed by atoms with Crippen LogP contribution in [0.4, 0.5) is 5.69 Å². The predicted molar refractivity (Wildman–Crippen MR) is 113 cm³/mol. The minimum atomic E-state index is -0.220. The smallest absolute Gasteiger partial charge is 0.283 e. The lowest BCUT2D eigenvalue weighted by molar-refractivity contribution is -0.113. The molecule has 0 bridgehead atoms. The zero-order valence-corrected chi connectivity index (χ0v) is 16.9. The van der Waals surface area contributed by atoms with Gasteiger partial charge in [-0.1, -0.05) is 47.6 Å². The van der Waals surface area contributed by atoms with Crippen LogP contribution < -0.4 is 9.64 Å². The Kier molecular flexibility index (Phi) is 6.09. The summed E-state index contributed by atoms with van der Waals surface area (Å²) in [5.41, 5.74) is 0.976. The van der Waals surface area contributed by atoms with Crippen molar-refractivity contribution >= 4 is 69.1 Å². The lowest BCUT2D eigenvalue weighted by atomic mass is 10.2. The van der Waals surface area contributed by atoms with Crippen LogP contribution in [0.15, 0.2) is 58.0 Å². The number of amidine groups is 1. The number of aliphatic imine (C=N–C) groups is 1. The molecule has 3 rings (SSSR count). The number of methoxy groups -OCH3 is 1. The number of hydrogen-bond acceptors (Lipinski definition) is 5. The minimum Gasteiger partial charge on any atom is -0.495 e. The normalized spacial score (nSPS) is 15.5. The fraction of sp³-hybridized carbons (Fsp3) is 0.111. The first-order chi connectivity index (χ1) is 12.5. The Morgan fingerprint density at radius 1 is 1.46 bits per heavy atom. The van der Waals surface area contributed by atoms with Crippen LogP contribution >= 0.6 is 46.3 Å². The molecule has 0 radical (unpaired) electrons. The molecule has 2 aromatic rings. The van der Waals surface area contributed by atoms with Gasteiger partial charge < -0.3 is 4.74 Å². The van der Waals surface area contributed by atoms with Crippen LogP contribution in [0.2, 0.25) is 5.02 Å². The fourth-order valence-corrected chi connectivity index (χ4v) is 4.10. The summed E-state index contributed by atoms with van der Waals surface area (Å²) in [5.74, 6) is 0.763. The van der Waals surface area contributed by atoms with Crippen molar-refractivity contribution in [3.8, 4) is 5.75 Å². The van der Waals surface area contributed by atoms with Gasteiger partial charge in [0.15, 0.2) is 5.17 Å². The predicted octanol–water partition coefficient (Wildman–Crippen LogP) is 5.64. The van der Waals surface area contributed by atoms with E-state index in [9.17, 15) is 4.79 Å². The Labute approximate surface area is 169 Å². The van der Waals surface area contributed by atoms with Crippen LogP contribution in [0.1, 0.15) is 4.88 Å². The average molecular weight is 425 g/mol. The molecule has 0 saturated heterocycles. The number of nitrogens with zero attached hydrogens (tertiary/aromatic N) is 2. The van der Waals surface area contributed by atoms with E-state index in [1.54, 1.807) is 31.4 Å². The van der Waals surface area contributed by atoms with Crippen LogP contribution in [0.5, 0.6) is 5.75 Å². The van der Waals surface area contributed by atoms with Gasteiger partial charge in [0, 0.05) is 15.7 Å². The minimum absolute atomic E-state index is 0.220. The van der Waals surface area contributed by atoms with Crippen molar-refractivity contribution in [1.82, 2.24) is 0 Å². The summed E-state index contributed by atoms with van der Waals surface area (Å²) in [6.45, 7) is 3.69. The summed E-state index contributed by atoms with van der Waals surface area (Å²) in [6, 6.07) is 9.02. The molecule has 0 aliphatic carbocycles. The molecule has 0 N–H and O–H groups in total. The maximum Gasteiger partial charge on any atom is 0.283 e. The van der Waals surface area contributed by atoms with Crippen LogP contribution in [0.3, 0.4) is 0 Å². The number of halogens is 2.